The molecule has 0 aliphatic heterocycles. The zero-order valence-corrected chi connectivity index (χ0v) is 16.7. The van der Waals surface area contributed by atoms with Gasteiger partial charge >= 0.3 is 0 Å². The predicted octanol–water partition coefficient (Wildman–Crippen LogP) is 2.69. The standard InChI is InChI=1S/C21H26N2O4S/c1-28(26,27)23(18-7-3-2-4-8-18)15-16-11-13-17(14-12-16)21(25)22-19-9-5-6-10-20(19)24/h2-4,7-8,11-14,19-20,24H,5-6,9-10,15H2,1H3,(H,22,25)/t19-,20+/m1/s1. The highest BCUT2D eigenvalue weighted by Gasteiger charge is 2.25. The van der Waals surface area contributed by atoms with Gasteiger partial charge in [0.1, 0.15) is 0 Å². The minimum Gasteiger partial charge on any atom is -0.391 e. The van der Waals surface area contributed by atoms with Crippen LogP contribution in [0, 0.1) is 0 Å². The van der Waals surface area contributed by atoms with E-state index in [0.717, 1.165) is 24.8 Å². The first kappa shape index (κ1) is 20.4. The van der Waals surface area contributed by atoms with Gasteiger partial charge in [0.2, 0.25) is 10.0 Å². The van der Waals surface area contributed by atoms with Crippen molar-refractivity contribution >= 4 is 21.6 Å². The maximum atomic E-state index is 12.4. The number of amides is 1. The highest BCUT2D eigenvalue weighted by molar-refractivity contribution is 7.92. The van der Waals surface area contributed by atoms with Crippen LogP contribution in [-0.2, 0) is 16.6 Å². The Kier molecular flexibility index (Phi) is 6.36. The lowest BCUT2D eigenvalue weighted by molar-refractivity contribution is 0.0717. The van der Waals surface area contributed by atoms with Crippen molar-refractivity contribution in [2.75, 3.05) is 10.6 Å². The lowest BCUT2D eigenvalue weighted by atomic mass is 9.92. The Morgan fingerprint density at radius 2 is 1.71 bits per heavy atom. The van der Waals surface area contributed by atoms with Crippen LogP contribution >= 0.6 is 0 Å². The second-order valence-electron chi connectivity index (χ2n) is 7.23. The van der Waals surface area contributed by atoms with Crippen LogP contribution in [0.4, 0.5) is 5.69 Å². The zero-order chi connectivity index (χ0) is 20.1. The third kappa shape index (κ3) is 5.11. The molecule has 2 atom stereocenters. The summed E-state index contributed by atoms with van der Waals surface area (Å²) in [5.74, 6) is -0.222. The van der Waals surface area contributed by atoms with E-state index in [1.807, 2.05) is 6.07 Å². The van der Waals surface area contributed by atoms with Gasteiger partial charge in [-0.25, -0.2) is 8.42 Å². The van der Waals surface area contributed by atoms with Crippen molar-refractivity contribution < 1.29 is 18.3 Å². The third-order valence-electron chi connectivity index (χ3n) is 5.03. The summed E-state index contributed by atoms with van der Waals surface area (Å²) in [5.41, 5.74) is 1.87. The van der Waals surface area contributed by atoms with Gasteiger partial charge in [0, 0.05) is 5.56 Å². The molecule has 1 amide bonds. The summed E-state index contributed by atoms with van der Waals surface area (Å²) in [6, 6.07) is 15.6. The van der Waals surface area contributed by atoms with Gasteiger partial charge in [-0.15, -0.1) is 0 Å². The lowest BCUT2D eigenvalue weighted by Crippen LogP contribution is -2.45. The first-order valence-corrected chi connectivity index (χ1v) is 11.3. The number of nitrogens with one attached hydrogen (secondary N) is 1. The SMILES string of the molecule is CS(=O)(=O)N(Cc1ccc(C(=O)N[C@@H]2CCCC[C@@H]2O)cc1)c1ccccc1. The van der Waals surface area contributed by atoms with E-state index < -0.39 is 16.1 Å². The van der Waals surface area contributed by atoms with E-state index in [1.165, 1.54) is 10.6 Å². The molecule has 1 aliphatic carbocycles. The first-order chi connectivity index (χ1) is 13.3. The van der Waals surface area contributed by atoms with Gasteiger partial charge in [0.25, 0.3) is 5.91 Å². The fourth-order valence-electron chi connectivity index (χ4n) is 3.45. The fourth-order valence-corrected chi connectivity index (χ4v) is 4.34. The van der Waals surface area contributed by atoms with Crippen LogP contribution in [0.1, 0.15) is 41.6 Å². The largest absolute Gasteiger partial charge is 0.391 e. The highest BCUT2D eigenvalue weighted by Crippen LogP contribution is 2.21. The molecule has 0 heterocycles. The summed E-state index contributed by atoms with van der Waals surface area (Å²) in [6.45, 7) is 0.187. The molecule has 2 aromatic carbocycles. The maximum absolute atomic E-state index is 12.4. The number of carbonyl (C=O) groups excluding carboxylic acids is 1. The molecule has 1 saturated carbocycles. The molecule has 0 bridgehead atoms. The number of anilines is 1. The summed E-state index contributed by atoms with van der Waals surface area (Å²) in [7, 11) is -3.44. The molecule has 28 heavy (non-hydrogen) atoms. The molecule has 1 aliphatic rings. The molecule has 0 saturated heterocycles. The maximum Gasteiger partial charge on any atom is 0.251 e. The second-order valence-corrected chi connectivity index (χ2v) is 9.14. The topological polar surface area (TPSA) is 86.7 Å². The van der Waals surface area contributed by atoms with Gasteiger partial charge in [-0.3, -0.25) is 9.10 Å². The molecule has 2 N–H and O–H groups in total. The van der Waals surface area contributed by atoms with E-state index in [1.54, 1.807) is 48.5 Å². The Labute approximate surface area is 166 Å². The predicted molar refractivity (Wildman–Crippen MR) is 110 cm³/mol. The smallest absolute Gasteiger partial charge is 0.251 e. The number of para-hydroxylation sites is 1. The number of hydrogen-bond donors (Lipinski definition) is 2. The van der Waals surface area contributed by atoms with Crippen molar-refractivity contribution in [3.05, 3.63) is 65.7 Å². The van der Waals surface area contributed by atoms with Crippen molar-refractivity contribution in [2.24, 2.45) is 0 Å². The number of nitrogens with zero attached hydrogens (tertiary/aromatic N) is 1. The quantitative estimate of drug-likeness (QED) is 0.778. The molecule has 3 rings (SSSR count). The van der Waals surface area contributed by atoms with E-state index in [0.29, 0.717) is 17.7 Å². The average Bonchev–Trinajstić information content (AvgIpc) is 2.68. The van der Waals surface area contributed by atoms with E-state index in [4.69, 9.17) is 0 Å². The van der Waals surface area contributed by atoms with E-state index in [2.05, 4.69) is 5.32 Å². The molecule has 0 spiro atoms. The molecule has 0 aromatic heterocycles. The van der Waals surface area contributed by atoms with Crippen LogP contribution in [-0.4, -0.2) is 37.8 Å². The number of rotatable bonds is 6. The highest BCUT2D eigenvalue weighted by atomic mass is 32.2. The number of aliphatic hydroxyl groups is 1. The van der Waals surface area contributed by atoms with Crippen molar-refractivity contribution in [3.8, 4) is 0 Å². The molecular formula is C21H26N2O4S. The van der Waals surface area contributed by atoms with E-state index in [-0.39, 0.29) is 18.5 Å². The first-order valence-electron chi connectivity index (χ1n) is 9.45. The summed E-state index contributed by atoms with van der Waals surface area (Å²) < 4.78 is 25.7. The van der Waals surface area contributed by atoms with Gasteiger partial charge in [0.15, 0.2) is 0 Å². The Bertz CT molecular complexity index is 898. The lowest BCUT2D eigenvalue weighted by Gasteiger charge is -2.28. The van der Waals surface area contributed by atoms with Gasteiger partial charge in [0.05, 0.1) is 30.6 Å². The summed E-state index contributed by atoms with van der Waals surface area (Å²) in [5, 5.41) is 12.9. The molecule has 2 aromatic rings. The molecule has 6 nitrogen and oxygen atoms in total. The van der Waals surface area contributed by atoms with E-state index >= 15 is 0 Å². The monoisotopic (exact) mass is 402 g/mol. The molecular weight excluding hydrogens is 376 g/mol. The summed E-state index contributed by atoms with van der Waals surface area (Å²) >= 11 is 0. The third-order valence-corrected chi connectivity index (χ3v) is 6.17. The normalized spacial score (nSPS) is 19.8. The number of aliphatic hydroxyl groups excluding tert-OH is 1. The number of carbonyl (C=O) groups is 1. The van der Waals surface area contributed by atoms with Crippen LogP contribution < -0.4 is 9.62 Å². The van der Waals surface area contributed by atoms with Gasteiger partial charge < -0.3 is 10.4 Å². The van der Waals surface area contributed by atoms with Gasteiger partial charge in [-0.1, -0.05) is 43.2 Å². The van der Waals surface area contributed by atoms with Crippen molar-refractivity contribution in [1.82, 2.24) is 5.32 Å². The summed E-state index contributed by atoms with van der Waals surface area (Å²) in [6.07, 6.45) is 4.17. The van der Waals surface area contributed by atoms with Crippen molar-refractivity contribution in [1.29, 1.82) is 0 Å². The van der Waals surface area contributed by atoms with Crippen LogP contribution in [0.3, 0.4) is 0 Å². The number of hydrogen-bond acceptors (Lipinski definition) is 4. The molecule has 0 unspecified atom stereocenters. The Morgan fingerprint density at radius 3 is 2.32 bits per heavy atom. The second kappa shape index (κ2) is 8.75. The van der Waals surface area contributed by atoms with Gasteiger partial charge in [-0.05, 0) is 42.7 Å². The van der Waals surface area contributed by atoms with Crippen LogP contribution in [0.2, 0.25) is 0 Å². The Morgan fingerprint density at radius 1 is 1.07 bits per heavy atom. The molecule has 1 fully saturated rings. The fraction of sp³-hybridized carbons (Fsp3) is 0.381. The molecule has 0 radical (unpaired) electrons. The molecule has 7 heteroatoms. The number of benzene rings is 2. The number of sulfonamides is 1. The Balaban J connectivity index is 1.70. The van der Waals surface area contributed by atoms with Crippen molar-refractivity contribution in [3.63, 3.8) is 0 Å². The zero-order valence-electron chi connectivity index (χ0n) is 15.9. The molecule has 150 valence electrons. The minimum absolute atomic E-state index is 0.187. The van der Waals surface area contributed by atoms with Gasteiger partial charge in [-0.2, -0.15) is 0 Å². The minimum atomic E-state index is -3.44. The Hall–Kier alpha value is -2.38. The van der Waals surface area contributed by atoms with E-state index in [9.17, 15) is 18.3 Å². The summed E-state index contributed by atoms with van der Waals surface area (Å²) in [4.78, 5) is 12.4. The van der Waals surface area contributed by atoms with Crippen LogP contribution in [0.15, 0.2) is 54.6 Å². The van der Waals surface area contributed by atoms with Crippen LogP contribution in [0.5, 0.6) is 0 Å². The van der Waals surface area contributed by atoms with Crippen LogP contribution in [0.25, 0.3) is 0 Å². The average molecular weight is 403 g/mol. The van der Waals surface area contributed by atoms with Crippen molar-refractivity contribution in [2.45, 2.75) is 44.4 Å².